The van der Waals surface area contributed by atoms with Crippen molar-refractivity contribution in [1.82, 2.24) is 15.1 Å². The molecule has 4 nitrogen and oxygen atoms in total. The van der Waals surface area contributed by atoms with Crippen molar-refractivity contribution in [2.24, 2.45) is 0 Å². The third kappa shape index (κ3) is 5.14. The maximum atomic E-state index is 6.06. The lowest BCUT2D eigenvalue weighted by Crippen LogP contribution is -2.19. The molecule has 0 aliphatic rings. The minimum atomic E-state index is 0.173. The second-order valence-corrected chi connectivity index (χ2v) is 8.71. The molecule has 0 aliphatic heterocycles. The Morgan fingerprint density at radius 1 is 1.07 bits per heavy atom. The third-order valence-electron chi connectivity index (χ3n) is 5.15. The second kappa shape index (κ2) is 8.78. The van der Waals surface area contributed by atoms with E-state index in [0.717, 1.165) is 35.4 Å². The van der Waals surface area contributed by atoms with Gasteiger partial charge in [0.25, 0.3) is 0 Å². The molecular formula is C24H33N3O. The van der Waals surface area contributed by atoms with Gasteiger partial charge in [-0.05, 0) is 54.8 Å². The highest BCUT2D eigenvalue weighted by Gasteiger charge is 2.13. The van der Waals surface area contributed by atoms with Crippen LogP contribution in [0.4, 0.5) is 0 Å². The van der Waals surface area contributed by atoms with E-state index < -0.39 is 0 Å². The predicted molar refractivity (Wildman–Crippen MR) is 117 cm³/mol. The van der Waals surface area contributed by atoms with Crippen molar-refractivity contribution in [1.29, 1.82) is 0 Å². The highest BCUT2D eigenvalue weighted by Crippen LogP contribution is 2.25. The molecule has 4 heteroatoms. The number of aromatic nitrogens is 2. The Labute approximate surface area is 168 Å². The van der Waals surface area contributed by atoms with E-state index in [0.29, 0.717) is 6.61 Å². The van der Waals surface area contributed by atoms with Crippen LogP contribution in [-0.4, -0.2) is 28.7 Å². The molecule has 0 saturated carbocycles. The summed E-state index contributed by atoms with van der Waals surface area (Å²) in [5.74, 6) is 0.881. The summed E-state index contributed by atoms with van der Waals surface area (Å²) in [6, 6.07) is 14.8. The predicted octanol–water partition coefficient (Wildman–Crippen LogP) is 5.67. The van der Waals surface area contributed by atoms with Gasteiger partial charge in [0.1, 0.15) is 12.4 Å². The number of benzene rings is 2. The van der Waals surface area contributed by atoms with Crippen LogP contribution in [0.5, 0.6) is 5.75 Å². The number of hydrogen-bond acceptors (Lipinski definition) is 3. The molecule has 0 bridgehead atoms. The van der Waals surface area contributed by atoms with Gasteiger partial charge in [-0.3, -0.25) is 5.10 Å². The summed E-state index contributed by atoms with van der Waals surface area (Å²) >= 11 is 0. The van der Waals surface area contributed by atoms with Crippen LogP contribution in [0, 0.1) is 0 Å². The smallest absolute Gasteiger partial charge is 0.120 e. The fourth-order valence-electron chi connectivity index (χ4n) is 3.30. The van der Waals surface area contributed by atoms with E-state index in [1.54, 1.807) is 0 Å². The Bertz CT molecular complexity index is 890. The number of rotatable bonds is 8. The van der Waals surface area contributed by atoms with Crippen LogP contribution in [0.3, 0.4) is 0 Å². The summed E-state index contributed by atoms with van der Waals surface area (Å²) in [6.07, 6.45) is 2.42. The normalized spacial score (nSPS) is 12.1. The monoisotopic (exact) mass is 379 g/mol. The molecule has 0 amide bonds. The fourth-order valence-corrected chi connectivity index (χ4v) is 3.30. The number of nitrogens with zero attached hydrogens (tertiary/aromatic N) is 2. The van der Waals surface area contributed by atoms with Crippen LogP contribution in [0.1, 0.15) is 57.4 Å². The Hall–Kier alpha value is -2.33. The molecule has 3 aromatic rings. The van der Waals surface area contributed by atoms with E-state index >= 15 is 0 Å². The number of ether oxygens (including phenoxy) is 1. The van der Waals surface area contributed by atoms with Crippen molar-refractivity contribution in [3.05, 3.63) is 59.3 Å². The first kappa shape index (κ1) is 20.4. The Morgan fingerprint density at radius 3 is 2.50 bits per heavy atom. The first-order valence-corrected chi connectivity index (χ1v) is 10.2. The molecule has 28 heavy (non-hydrogen) atoms. The number of nitrogens with one attached hydrogen (secondary N) is 1. The van der Waals surface area contributed by atoms with E-state index in [2.05, 4.69) is 80.2 Å². The lowest BCUT2D eigenvalue weighted by atomic mass is 9.87. The maximum Gasteiger partial charge on any atom is 0.120 e. The highest BCUT2D eigenvalue weighted by molar-refractivity contribution is 5.82. The quantitative estimate of drug-likeness (QED) is 0.548. The molecule has 0 saturated heterocycles. The van der Waals surface area contributed by atoms with Crippen LogP contribution in [0.25, 0.3) is 10.9 Å². The summed E-state index contributed by atoms with van der Waals surface area (Å²) in [4.78, 5) is 2.33. The van der Waals surface area contributed by atoms with Crippen LogP contribution >= 0.6 is 0 Å². The van der Waals surface area contributed by atoms with E-state index in [1.165, 1.54) is 24.0 Å². The molecule has 150 valence electrons. The van der Waals surface area contributed by atoms with Crippen molar-refractivity contribution in [3.8, 4) is 5.75 Å². The number of fused-ring (bicyclic) bond motifs is 1. The number of H-pyrrole nitrogens is 1. The zero-order chi connectivity index (χ0) is 20.1. The van der Waals surface area contributed by atoms with Gasteiger partial charge in [-0.15, -0.1) is 0 Å². The molecule has 0 radical (unpaired) electrons. The average molecular weight is 380 g/mol. The summed E-state index contributed by atoms with van der Waals surface area (Å²) in [5, 5.41) is 8.77. The van der Waals surface area contributed by atoms with E-state index in [-0.39, 0.29) is 5.41 Å². The summed E-state index contributed by atoms with van der Waals surface area (Å²) < 4.78 is 6.06. The summed E-state index contributed by atoms with van der Waals surface area (Å²) in [6.45, 7) is 11.5. The molecule has 1 heterocycles. The molecular weight excluding hydrogens is 346 g/mol. The summed E-state index contributed by atoms with van der Waals surface area (Å²) in [5.41, 5.74) is 4.83. The van der Waals surface area contributed by atoms with Crippen molar-refractivity contribution in [2.75, 3.05) is 13.6 Å². The number of aromatic amines is 1. The Kier molecular flexibility index (Phi) is 6.40. The number of hydrogen-bond donors (Lipinski definition) is 1. The topological polar surface area (TPSA) is 41.2 Å². The lowest BCUT2D eigenvalue weighted by molar-refractivity contribution is 0.306. The molecule has 0 atom stereocenters. The molecule has 1 aromatic heterocycles. The molecule has 2 aromatic carbocycles. The van der Waals surface area contributed by atoms with Gasteiger partial charge in [0.2, 0.25) is 0 Å². The average Bonchev–Trinajstić information content (AvgIpc) is 3.06. The zero-order valence-electron chi connectivity index (χ0n) is 17.9. The molecule has 0 spiro atoms. The third-order valence-corrected chi connectivity index (χ3v) is 5.15. The largest absolute Gasteiger partial charge is 0.489 e. The Balaban J connectivity index is 1.67. The van der Waals surface area contributed by atoms with Crippen LogP contribution in [0.15, 0.2) is 42.5 Å². The van der Waals surface area contributed by atoms with Crippen molar-refractivity contribution < 1.29 is 4.74 Å². The molecule has 0 aliphatic carbocycles. The van der Waals surface area contributed by atoms with Gasteiger partial charge < -0.3 is 9.64 Å². The van der Waals surface area contributed by atoms with Gasteiger partial charge in [-0.2, -0.15) is 5.10 Å². The van der Waals surface area contributed by atoms with Crippen LogP contribution < -0.4 is 4.74 Å². The SMILES string of the molecule is CCCCN(C)Cc1[nH]nc2ccc(OCc3ccc(C(C)(C)C)cc3)cc12. The van der Waals surface area contributed by atoms with E-state index in [1.807, 2.05) is 12.1 Å². The zero-order valence-corrected chi connectivity index (χ0v) is 17.9. The standard InChI is InChI=1S/C24H33N3O/c1-6-7-14-27(5)16-23-21-15-20(12-13-22(21)25-26-23)28-17-18-8-10-19(11-9-18)24(2,3)4/h8-13,15H,6-7,14,16-17H2,1-5H3,(H,25,26). The molecule has 0 unspecified atom stereocenters. The molecule has 0 fully saturated rings. The van der Waals surface area contributed by atoms with Gasteiger partial charge in [0.05, 0.1) is 11.2 Å². The van der Waals surface area contributed by atoms with Gasteiger partial charge in [-0.1, -0.05) is 58.4 Å². The van der Waals surface area contributed by atoms with Gasteiger partial charge in [0.15, 0.2) is 0 Å². The number of unbranched alkanes of at least 4 members (excludes halogenated alkanes) is 1. The van der Waals surface area contributed by atoms with Crippen molar-refractivity contribution in [2.45, 2.75) is 59.1 Å². The minimum Gasteiger partial charge on any atom is -0.489 e. The van der Waals surface area contributed by atoms with Gasteiger partial charge in [0, 0.05) is 11.9 Å². The van der Waals surface area contributed by atoms with E-state index in [9.17, 15) is 0 Å². The van der Waals surface area contributed by atoms with Gasteiger partial charge >= 0.3 is 0 Å². The summed E-state index contributed by atoms with van der Waals surface area (Å²) in [7, 11) is 2.16. The van der Waals surface area contributed by atoms with Gasteiger partial charge in [-0.25, -0.2) is 0 Å². The fraction of sp³-hybridized carbons (Fsp3) is 0.458. The molecule has 3 rings (SSSR count). The minimum absolute atomic E-state index is 0.173. The first-order valence-electron chi connectivity index (χ1n) is 10.2. The first-order chi connectivity index (χ1) is 13.4. The van der Waals surface area contributed by atoms with Crippen LogP contribution in [0.2, 0.25) is 0 Å². The Morgan fingerprint density at radius 2 is 1.82 bits per heavy atom. The van der Waals surface area contributed by atoms with Crippen molar-refractivity contribution in [3.63, 3.8) is 0 Å². The van der Waals surface area contributed by atoms with Crippen molar-refractivity contribution >= 4 is 10.9 Å². The maximum absolute atomic E-state index is 6.06. The molecule has 1 N–H and O–H groups in total. The van der Waals surface area contributed by atoms with E-state index in [4.69, 9.17) is 4.74 Å². The highest BCUT2D eigenvalue weighted by atomic mass is 16.5. The van der Waals surface area contributed by atoms with Crippen LogP contribution in [-0.2, 0) is 18.6 Å². The lowest BCUT2D eigenvalue weighted by Gasteiger charge is -2.19. The second-order valence-electron chi connectivity index (χ2n) is 8.71.